The molecule has 0 aliphatic heterocycles. The highest BCUT2D eigenvalue weighted by molar-refractivity contribution is 5.26. The minimum atomic E-state index is -4.34. The largest absolute Gasteiger partial charge is 0.416 e. The molecule has 0 bridgehead atoms. The Bertz CT molecular complexity index is 354. The molecule has 0 fully saturated rings. The summed E-state index contributed by atoms with van der Waals surface area (Å²) in [4.78, 5) is 0. The second-order valence-electron chi connectivity index (χ2n) is 3.66. The molecule has 0 saturated heterocycles. The molecule has 0 amide bonds. The highest BCUT2D eigenvalue weighted by Gasteiger charge is 2.30. The van der Waals surface area contributed by atoms with Crippen molar-refractivity contribution in [1.29, 1.82) is 0 Å². The van der Waals surface area contributed by atoms with Crippen LogP contribution in [0.1, 0.15) is 24.2 Å². The van der Waals surface area contributed by atoms with Gasteiger partial charge in [0.2, 0.25) is 0 Å². The highest BCUT2D eigenvalue weighted by atomic mass is 19.4. The number of halogens is 3. The van der Waals surface area contributed by atoms with E-state index in [1.165, 1.54) is 12.1 Å². The number of aliphatic hydroxyl groups excluding tert-OH is 1. The van der Waals surface area contributed by atoms with Gasteiger partial charge in [-0.25, -0.2) is 0 Å². The predicted octanol–water partition coefficient (Wildman–Crippen LogP) is 3.56. The summed E-state index contributed by atoms with van der Waals surface area (Å²) in [7, 11) is 0. The third-order valence-corrected chi connectivity index (χ3v) is 2.45. The summed E-state index contributed by atoms with van der Waals surface area (Å²) >= 11 is 0. The molecule has 16 heavy (non-hydrogen) atoms. The van der Waals surface area contributed by atoms with Gasteiger partial charge in [-0.2, -0.15) is 13.2 Å². The zero-order valence-corrected chi connectivity index (χ0v) is 8.83. The van der Waals surface area contributed by atoms with Gasteiger partial charge in [0.05, 0.1) is 11.7 Å². The minimum absolute atomic E-state index is 0.197. The monoisotopic (exact) mass is 230 g/mol. The Balaban J connectivity index is 2.91. The minimum Gasteiger partial charge on any atom is -0.388 e. The first kappa shape index (κ1) is 12.8. The van der Waals surface area contributed by atoms with Crippen molar-refractivity contribution in [2.75, 3.05) is 0 Å². The van der Waals surface area contributed by atoms with Crippen molar-refractivity contribution in [1.82, 2.24) is 0 Å². The first-order valence-corrected chi connectivity index (χ1v) is 4.84. The number of benzene rings is 1. The molecule has 88 valence electrons. The van der Waals surface area contributed by atoms with E-state index < -0.39 is 17.8 Å². The zero-order valence-electron chi connectivity index (χ0n) is 8.83. The smallest absolute Gasteiger partial charge is 0.388 e. The van der Waals surface area contributed by atoms with Crippen molar-refractivity contribution >= 4 is 0 Å². The van der Waals surface area contributed by atoms with Gasteiger partial charge in [-0.15, -0.1) is 6.58 Å². The van der Waals surface area contributed by atoms with Gasteiger partial charge >= 0.3 is 6.18 Å². The molecule has 2 atom stereocenters. The van der Waals surface area contributed by atoms with Crippen LogP contribution in [-0.2, 0) is 6.18 Å². The van der Waals surface area contributed by atoms with Crippen molar-refractivity contribution in [3.8, 4) is 0 Å². The fraction of sp³-hybridized carbons (Fsp3) is 0.333. The summed E-state index contributed by atoms with van der Waals surface area (Å²) in [5, 5.41) is 9.73. The molecule has 0 aliphatic carbocycles. The number of rotatable bonds is 3. The molecule has 0 radical (unpaired) electrons. The van der Waals surface area contributed by atoms with E-state index in [1.54, 1.807) is 13.0 Å². The molecule has 2 unspecified atom stereocenters. The van der Waals surface area contributed by atoms with Gasteiger partial charge in [-0.1, -0.05) is 25.1 Å². The molecule has 1 aromatic rings. The third-order valence-electron chi connectivity index (χ3n) is 2.45. The van der Waals surface area contributed by atoms with Crippen molar-refractivity contribution < 1.29 is 18.3 Å². The Kier molecular flexibility index (Phi) is 3.75. The normalized spacial score (nSPS) is 15.6. The van der Waals surface area contributed by atoms with Crippen LogP contribution in [0.4, 0.5) is 13.2 Å². The van der Waals surface area contributed by atoms with Gasteiger partial charge in [-0.3, -0.25) is 0 Å². The van der Waals surface area contributed by atoms with Crippen molar-refractivity contribution in [2.45, 2.75) is 19.2 Å². The third kappa shape index (κ3) is 2.85. The van der Waals surface area contributed by atoms with E-state index in [0.717, 1.165) is 12.1 Å². The molecule has 4 heteroatoms. The van der Waals surface area contributed by atoms with Gasteiger partial charge in [-0.05, 0) is 17.7 Å². The fourth-order valence-corrected chi connectivity index (χ4v) is 1.30. The molecule has 1 N–H and O–H groups in total. The van der Waals surface area contributed by atoms with E-state index in [9.17, 15) is 18.3 Å². The second kappa shape index (κ2) is 4.70. The lowest BCUT2D eigenvalue weighted by Crippen LogP contribution is -2.08. The maximum absolute atomic E-state index is 12.3. The predicted molar refractivity (Wildman–Crippen MR) is 55.8 cm³/mol. The summed E-state index contributed by atoms with van der Waals surface area (Å²) in [5.74, 6) is -0.197. The molecule has 0 heterocycles. The lowest BCUT2D eigenvalue weighted by atomic mass is 9.97. The molecular formula is C12H13F3O. The summed E-state index contributed by atoms with van der Waals surface area (Å²) in [6.45, 7) is 5.27. The second-order valence-corrected chi connectivity index (χ2v) is 3.66. The molecule has 0 aliphatic rings. The Morgan fingerprint density at radius 3 is 2.12 bits per heavy atom. The zero-order chi connectivity index (χ0) is 12.3. The van der Waals surface area contributed by atoms with E-state index in [4.69, 9.17) is 0 Å². The number of aliphatic hydroxyl groups is 1. The van der Waals surface area contributed by atoms with E-state index in [1.807, 2.05) is 0 Å². The van der Waals surface area contributed by atoms with E-state index in [-0.39, 0.29) is 5.92 Å². The maximum atomic E-state index is 12.3. The van der Waals surface area contributed by atoms with Crippen LogP contribution in [0.2, 0.25) is 0 Å². The van der Waals surface area contributed by atoms with Crippen LogP contribution < -0.4 is 0 Å². The van der Waals surface area contributed by atoms with E-state index in [0.29, 0.717) is 5.56 Å². The SMILES string of the molecule is C=CC(C)C(O)c1ccc(C(F)(F)F)cc1. The van der Waals surface area contributed by atoms with E-state index >= 15 is 0 Å². The topological polar surface area (TPSA) is 20.2 Å². The van der Waals surface area contributed by atoms with Crippen LogP contribution in [0, 0.1) is 5.92 Å². The molecule has 0 spiro atoms. The average Bonchev–Trinajstić information content (AvgIpc) is 2.26. The first-order chi connectivity index (χ1) is 7.36. The fourth-order valence-electron chi connectivity index (χ4n) is 1.30. The van der Waals surface area contributed by atoms with Crippen LogP contribution in [0.15, 0.2) is 36.9 Å². The number of hydrogen-bond acceptors (Lipinski definition) is 1. The van der Waals surface area contributed by atoms with Crippen LogP contribution in [0.5, 0.6) is 0 Å². The summed E-state index contributed by atoms with van der Waals surface area (Å²) < 4.78 is 36.8. The average molecular weight is 230 g/mol. The summed E-state index contributed by atoms with van der Waals surface area (Å²) in [6, 6.07) is 4.50. The molecule has 1 nitrogen and oxygen atoms in total. The highest BCUT2D eigenvalue weighted by Crippen LogP contribution is 2.31. The summed E-state index contributed by atoms with van der Waals surface area (Å²) in [5.41, 5.74) is -0.255. The Morgan fingerprint density at radius 1 is 1.25 bits per heavy atom. The standard InChI is InChI=1S/C12H13F3O/c1-3-8(2)11(16)9-4-6-10(7-5-9)12(13,14)15/h3-8,11,16H,1H2,2H3. The van der Waals surface area contributed by atoms with Crippen LogP contribution >= 0.6 is 0 Å². The Morgan fingerprint density at radius 2 is 1.75 bits per heavy atom. The molecule has 0 aromatic heterocycles. The van der Waals surface area contributed by atoms with Crippen LogP contribution in [0.3, 0.4) is 0 Å². The molecule has 1 rings (SSSR count). The van der Waals surface area contributed by atoms with Gasteiger partial charge < -0.3 is 5.11 Å². The van der Waals surface area contributed by atoms with Gasteiger partial charge in [0.25, 0.3) is 0 Å². The number of hydrogen-bond donors (Lipinski definition) is 1. The Hall–Kier alpha value is -1.29. The van der Waals surface area contributed by atoms with Crippen molar-refractivity contribution in [3.05, 3.63) is 48.0 Å². The lowest BCUT2D eigenvalue weighted by molar-refractivity contribution is -0.137. The molecular weight excluding hydrogens is 217 g/mol. The lowest BCUT2D eigenvalue weighted by Gasteiger charge is -2.16. The van der Waals surface area contributed by atoms with Crippen molar-refractivity contribution in [2.24, 2.45) is 5.92 Å². The van der Waals surface area contributed by atoms with Gasteiger partial charge in [0, 0.05) is 5.92 Å². The maximum Gasteiger partial charge on any atom is 0.416 e. The van der Waals surface area contributed by atoms with Crippen LogP contribution in [-0.4, -0.2) is 5.11 Å². The van der Waals surface area contributed by atoms with Crippen LogP contribution in [0.25, 0.3) is 0 Å². The van der Waals surface area contributed by atoms with Gasteiger partial charge in [0.1, 0.15) is 0 Å². The molecule has 0 saturated carbocycles. The van der Waals surface area contributed by atoms with Crippen molar-refractivity contribution in [3.63, 3.8) is 0 Å². The Labute approximate surface area is 92.2 Å². The first-order valence-electron chi connectivity index (χ1n) is 4.84. The summed E-state index contributed by atoms with van der Waals surface area (Å²) in [6.07, 6.45) is -3.60. The van der Waals surface area contributed by atoms with E-state index in [2.05, 4.69) is 6.58 Å². The quantitative estimate of drug-likeness (QED) is 0.787. The number of alkyl halides is 3. The molecule has 1 aromatic carbocycles. The van der Waals surface area contributed by atoms with Gasteiger partial charge in [0.15, 0.2) is 0 Å².